The average Bonchev–Trinajstić information content (AvgIpc) is 3.02. The molecule has 0 N–H and O–H groups in total. The Bertz CT molecular complexity index is 707. The van der Waals surface area contributed by atoms with Crippen molar-refractivity contribution in [2.24, 2.45) is 4.99 Å². The summed E-state index contributed by atoms with van der Waals surface area (Å²) in [5, 5.41) is 1.15. The minimum atomic E-state index is 0.605. The van der Waals surface area contributed by atoms with Gasteiger partial charge < -0.3 is 4.74 Å². The number of hydrogen-bond acceptors (Lipinski definition) is 3. The zero-order valence-corrected chi connectivity index (χ0v) is 17.2. The number of rotatable bonds is 4. The summed E-state index contributed by atoms with van der Waals surface area (Å²) in [5.41, 5.74) is 3.70. The van der Waals surface area contributed by atoms with Crippen LogP contribution in [0, 0.1) is 14.1 Å². The highest BCUT2D eigenvalue weighted by atomic mass is 127. The summed E-state index contributed by atoms with van der Waals surface area (Å²) < 4.78 is 8.37. The highest BCUT2D eigenvalue weighted by Crippen LogP contribution is 2.32. The Labute approximate surface area is 162 Å². The lowest BCUT2D eigenvalue weighted by Gasteiger charge is -2.13. The van der Waals surface area contributed by atoms with Gasteiger partial charge in [0.1, 0.15) is 12.4 Å². The topological polar surface area (TPSA) is 21.6 Å². The van der Waals surface area contributed by atoms with Crippen molar-refractivity contribution in [2.75, 3.05) is 12.3 Å². The first-order valence-electron chi connectivity index (χ1n) is 6.99. The summed E-state index contributed by atoms with van der Waals surface area (Å²) in [6.07, 6.45) is 0. The van der Waals surface area contributed by atoms with Crippen LogP contribution in [-0.2, 0) is 6.61 Å². The van der Waals surface area contributed by atoms with Crippen molar-refractivity contribution in [3.63, 3.8) is 0 Å². The van der Waals surface area contributed by atoms with Crippen LogP contribution in [0.5, 0.6) is 5.75 Å². The highest BCUT2D eigenvalue weighted by molar-refractivity contribution is 14.1. The first-order valence-corrected chi connectivity index (χ1v) is 10.1. The molecule has 1 aliphatic rings. The standard InChI is InChI=1S/C17H15I2NOS/c1-11-4-2-3-5-12(11)10-21-16-14(18)8-13(9-15(16)19)17-20-6-7-22-17/h2-5,8-9H,6-7,10H2,1H3. The van der Waals surface area contributed by atoms with E-state index in [1.807, 2.05) is 11.8 Å². The van der Waals surface area contributed by atoms with Crippen molar-refractivity contribution in [1.29, 1.82) is 0 Å². The molecule has 0 saturated heterocycles. The number of hydrogen-bond donors (Lipinski definition) is 0. The molecule has 3 rings (SSSR count). The molecule has 1 aliphatic heterocycles. The first-order chi connectivity index (χ1) is 10.6. The molecule has 1 heterocycles. The smallest absolute Gasteiger partial charge is 0.146 e. The second kappa shape index (κ2) is 7.53. The molecule has 0 atom stereocenters. The van der Waals surface area contributed by atoms with Crippen molar-refractivity contribution >= 4 is 62.0 Å². The van der Waals surface area contributed by atoms with Gasteiger partial charge in [0.05, 0.1) is 12.2 Å². The Morgan fingerprint density at radius 3 is 2.55 bits per heavy atom. The van der Waals surface area contributed by atoms with Gasteiger partial charge in [0.15, 0.2) is 0 Å². The van der Waals surface area contributed by atoms with E-state index >= 15 is 0 Å². The summed E-state index contributed by atoms with van der Waals surface area (Å²) >= 11 is 6.54. The van der Waals surface area contributed by atoms with Crippen LogP contribution in [0.15, 0.2) is 41.4 Å². The van der Waals surface area contributed by atoms with Gasteiger partial charge in [0.2, 0.25) is 0 Å². The van der Waals surface area contributed by atoms with Crippen LogP contribution in [0.1, 0.15) is 16.7 Å². The van der Waals surface area contributed by atoms with E-state index in [9.17, 15) is 0 Å². The molecule has 0 amide bonds. The van der Waals surface area contributed by atoms with Crippen LogP contribution in [0.25, 0.3) is 0 Å². The lowest BCUT2D eigenvalue weighted by Crippen LogP contribution is -2.02. The minimum absolute atomic E-state index is 0.605. The normalized spacial score (nSPS) is 14.0. The molecule has 2 nitrogen and oxygen atoms in total. The van der Waals surface area contributed by atoms with E-state index in [2.05, 4.69) is 93.5 Å². The average molecular weight is 535 g/mol. The lowest BCUT2D eigenvalue weighted by atomic mass is 10.1. The van der Waals surface area contributed by atoms with Crippen LogP contribution in [0.3, 0.4) is 0 Å². The van der Waals surface area contributed by atoms with E-state index in [-0.39, 0.29) is 0 Å². The third kappa shape index (κ3) is 3.79. The quantitative estimate of drug-likeness (QED) is 0.498. The van der Waals surface area contributed by atoms with Gasteiger partial charge in [0, 0.05) is 17.9 Å². The van der Waals surface area contributed by atoms with Gasteiger partial charge in [-0.3, -0.25) is 4.99 Å². The van der Waals surface area contributed by atoms with Crippen molar-refractivity contribution in [3.05, 3.63) is 60.2 Å². The fraction of sp³-hybridized carbons (Fsp3) is 0.235. The first kappa shape index (κ1) is 16.6. The third-order valence-electron chi connectivity index (χ3n) is 3.46. The molecule has 0 radical (unpaired) electrons. The number of thioether (sulfide) groups is 1. The fourth-order valence-electron chi connectivity index (χ4n) is 2.25. The van der Waals surface area contributed by atoms with E-state index in [0.717, 1.165) is 30.2 Å². The number of aryl methyl sites for hydroxylation is 1. The number of aliphatic imine (C=N–C) groups is 1. The van der Waals surface area contributed by atoms with Gasteiger partial charge >= 0.3 is 0 Å². The van der Waals surface area contributed by atoms with E-state index in [1.54, 1.807) is 0 Å². The molecule has 5 heteroatoms. The number of nitrogens with zero attached hydrogens (tertiary/aromatic N) is 1. The van der Waals surface area contributed by atoms with Gasteiger partial charge in [-0.15, -0.1) is 11.8 Å². The number of benzene rings is 2. The van der Waals surface area contributed by atoms with Gasteiger partial charge in [-0.1, -0.05) is 24.3 Å². The Morgan fingerprint density at radius 1 is 1.18 bits per heavy atom. The van der Waals surface area contributed by atoms with Crippen molar-refractivity contribution in [1.82, 2.24) is 0 Å². The van der Waals surface area contributed by atoms with E-state index < -0.39 is 0 Å². The molecule has 0 spiro atoms. The maximum Gasteiger partial charge on any atom is 0.146 e. The molecule has 0 aliphatic carbocycles. The van der Waals surface area contributed by atoms with E-state index in [1.165, 1.54) is 16.7 Å². The molecule has 22 heavy (non-hydrogen) atoms. The van der Waals surface area contributed by atoms with Crippen LogP contribution >= 0.6 is 56.9 Å². The zero-order valence-electron chi connectivity index (χ0n) is 12.1. The van der Waals surface area contributed by atoms with Crippen molar-refractivity contribution in [2.45, 2.75) is 13.5 Å². The Kier molecular flexibility index (Phi) is 5.67. The predicted molar refractivity (Wildman–Crippen MR) is 111 cm³/mol. The lowest BCUT2D eigenvalue weighted by molar-refractivity contribution is 0.301. The molecule has 0 bridgehead atoms. The molecule has 0 fully saturated rings. The Morgan fingerprint density at radius 2 is 1.91 bits per heavy atom. The maximum absolute atomic E-state index is 6.09. The number of halogens is 2. The van der Waals surface area contributed by atoms with Gasteiger partial charge in [-0.25, -0.2) is 0 Å². The Balaban J connectivity index is 1.81. The largest absolute Gasteiger partial charge is 0.487 e. The molecular formula is C17H15I2NOS. The summed E-state index contributed by atoms with van der Waals surface area (Å²) in [6.45, 7) is 3.65. The van der Waals surface area contributed by atoms with E-state index in [0.29, 0.717) is 6.61 Å². The molecule has 2 aromatic rings. The maximum atomic E-state index is 6.09. The van der Waals surface area contributed by atoms with Crippen LogP contribution in [0.4, 0.5) is 0 Å². The summed E-state index contributed by atoms with van der Waals surface area (Å²) in [4.78, 5) is 4.56. The van der Waals surface area contributed by atoms with Gasteiger partial charge in [-0.05, 0) is 75.4 Å². The molecule has 114 valence electrons. The summed E-state index contributed by atoms with van der Waals surface area (Å²) in [5.74, 6) is 2.06. The summed E-state index contributed by atoms with van der Waals surface area (Å²) in [7, 11) is 0. The van der Waals surface area contributed by atoms with Crippen molar-refractivity contribution in [3.8, 4) is 5.75 Å². The Hall–Kier alpha value is -0.280. The molecular weight excluding hydrogens is 520 g/mol. The minimum Gasteiger partial charge on any atom is -0.487 e. The third-order valence-corrected chi connectivity index (χ3v) is 6.09. The zero-order chi connectivity index (χ0) is 15.5. The fourth-order valence-corrected chi connectivity index (χ4v) is 5.18. The number of ether oxygens (including phenoxy) is 1. The van der Waals surface area contributed by atoms with Crippen molar-refractivity contribution < 1.29 is 4.74 Å². The van der Waals surface area contributed by atoms with Gasteiger partial charge in [0.25, 0.3) is 0 Å². The molecule has 0 aromatic heterocycles. The predicted octanol–water partition coefficient (Wildman–Crippen LogP) is 5.28. The molecule has 0 saturated carbocycles. The monoisotopic (exact) mass is 535 g/mol. The van der Waals surface area contributed by atoms with Gasteiger partial charge in [-0.2, -0.15) is 0 Å². The summed E-state index contributed by atoms with van der Waals surface area (Å²) in [6, 6.07) is 12.7. The van der Waals surface area contributed by atoms with Crippen LogP contribution < -0.4 is 4.74 Å². The van der Waals surface area contributed by atoms with E-state index in [4.69, 9.17) is 4.74 Å². The molecule has 0 unspecified atom stereocenters. The second-order valence-electron chi connectivity index (χ2n) is 5.02. The SMILES string of the molecule is Cc1ccccc1COc1c(I)cc(C2=NCCS2)cc1I. The second-order valence-corrected chi connectivity index (χ2v) is 8.43. The van der Waals surface area contributed by atoms with Crippen LogP contribution in [-0.4, -0.2) is 17.3 Å². The molecule has 2 aromatic carbocycles. The highest BCUT2D eigenvalue weighted by Gasteiger charge is 2.15. The van der Waals surface area contributed by atoms with Crippen LogP contribution in [0.2, 0.25) is 0 Å².